The topological polar surface area (TPSA) is 44.3 Å². The van der Waals surface area contributed by atoms with Crippen molar-refractivity contribution >= 4 is 23.1 Å². The lowest BCUT2D eigenvalue weighted by atomic mass is 10.2. The summed E-state index contributed by atoms with van der Waals surface area (Å²) in [6, 6.07) is 15.0. The van der Waals surface area contributed by atoms with Crippen LogP contribution in [-0.4, -0.2) is 36.1 Å². The first kappa shape index (κ1) is 17.2. The minimum absolute atomic E-state index is 0.204. The van der Waals surface area contributed by atoms with Gasteiger partial charge in [0.25, 0.3) is 0 Å². The number of nitrogens with one attached hydrogen (secondary N) is 1. The van der Waals surface area contributed by atoms with Gasteiger partial charge >= 0.3 is 0 Å². The molecule has 5 nitrogen and oxygen atoms in total. The van der Waals surface area contributed by atoms with Crippen molar-refractivity contribution in [1.82, 2.24) is 9.97 Å². The summed E-state index contributed by atoms with van der Waals surface area (Å²) in [5.41, 5.74) is 0.959. The van der Waals surface area contributed by atoms with Crippen LogP contribution in [0.25, 0.3) is 0 Å². The molecule has 1 saturated heterocycles. The third-order valence-electron chi connectivity index (χ3n) is 4.56. The first-order valence-electron chi connectivity index (χ1n) is 8.80. The highest BCUT2D eigenvalue weighted by atomic mass is 19.1. The first-order chi connectivity index (χ1) is 13.2. The van der Waals surface area contributed by atoms with Crippen LogP contribution >= 0.6 is 0 Å². The van der Waals surface area contributed by atoms with Gasteiger partial charge in [-0.1, -0.05) is 24.3 Å². The average molecular weight is 367 g/mol. The Morgan fingerprint density at radius 1 is 0.778 bits per heavy atom. The Bertz CT molecular complexity index is 926. The zero-order chi connectivity index (χ0) is 18.6. The summed E-state index contributed by atoms with van der Waals surface area (Å²) in [4.78, 5) is 12.8. The number of halogens is 2. The van der Waals surface area contributed by atoms with Gasteiger partial charge in [0, 0.05) is 32.4 Å². The summed E-state index contributed by atoms with van der Waals surface area (Å²) in [5, 5.41) is 2.91. The Balaban J connectivity index is 1.44. The van der Waals surface area contributed by atoms with E-state index >= 15 is 0 Å². The number of aromatic nitrogens is 2. The molecule has 1 aliphatic rings. The van der Waals surface area contributed by atoms with Crippen LogP contribution in [0.1, 0.15) is 0 Å². The Hall–Kier alpha value is -3.22. The summed E-state index contributed by atoms with van der Waals surface area (Å²) >= 11 is 0. The van der Waals surface area contributed by atoms with Crippen LogP contribution in [-0.2, 0) is 0 Å². The van der Waals surface area contributed by atoms with Crippen LogP contribution in [0.3, 0.4) is 0 Å². The van der Waals surface area contributed by atoms with E-state index in [0.29, 0.717) is 43.5 Å². The van der Waals surface area contributed by atoms with Crippen LogP contribution in [0.2, 0.25) is 0 Å². The van der Waals surface area contributed by atoms with E-state index in [0.717, 1.165) is 5.82 Å². The molecule has 0 unspecified atom stereocenters. The predicted molar refractivity (Wildman–Crippen MR) is 103 cm³/mol. The molecule has 138 valence electrons. The Kier molecular flexibility index (Phi) is 4.82. The number of rotatable bonds is 4. The SMILES string of the molecule is Fc1ccccc1Nc1nccc(N2CCN(c3ccccc3F)CC2)n1. The van der Waals surface area contributed by atoms with E-state index in [2.05, 4.69) is 20.2 Å². The van der Waals surface area contributed by atoms with Gasteiger partial charge in [-0.15, -0.1) is 0 Å². The lowest BCUT2D eigenvalue weighted by Gasteiger charge is -2.36. The molecule has 1 N–H and O–H groups in total. The number of benzene rings is 2. The molecule has 4 rings (SSSR count). The summed E-state index contributed by atoms with van der Waals surface area (Å²) in [7, 11) is 0. The minimum Gasteiger partial charge on any atom is -0.366 e. The molecule has 2 heterocycles. The van der Waals surface area contributed by atoms with Crippen LogP contribution in [0.4, 0.5) is 31.9 Å². The first-order valence-corrected chi connectivity index (χ1v) is 8.80. The van der Waals surface area contributed by atoms with Crippen molar-refractivity contribution in [1.29, 1.82) is 0 Å². The van der Waals surface area contributed by atoms with Crippen molar-refractivity contribution in [3.63, 3.8) is 0 Å². The number of para-hydroxylation sites is 2. The third kappa shape index (κ3) is 3.81. The molecule has 2 aromatic carbocycles. The number of hydrogen-bond acceptors (Lipinski definition) is 5. The quantitative estimate of drug-likeness (QED) is 0.759. The van der Waals surface area contributed by atoms with E-state index < -0.39 is 0 Å². The standard InChI is InChI=1S/C20H19F2N5/c21-15-5-1-3-7-17(15)24-20-23-10-9-19(25-20)27-13-11-26(12-14-27)18-8-4-2-6-16(18)22/h1-10H,11-14H2,(H,23,24,25). The largest absolute Gasteiger partial charge is 0.366 e. The van der Waals surface area contributed by atoms with E-state index in [4.69, 9.17) is 0 Å². The van der Waals surface area contributed by atoms with Gasteiger partial charge in [0.15, 0.2) is 0 Å². The van der Waals surface area contributed by atoms with Gasteiger partial charge in [0.05, 0.1) is 11.4 Å². The maximum Gasteiger partial charge on any atom is 0.229 e. The molecule has 0 spiro atoms. The van der Waals surface area contributed by atoms with Crippen LogP contribution in [0.15, 0.2) is 60.8 Å². The maximum absolute atomic E-state index is 14.0. The normalized spacial score (nSPS) is 14.3. The van der Waals surface area contributed by atoms with Crippen LogP contribution in [0, 0.1) is 11.6 Å². The number of hydrogen-bond donors (Lipinski definition) is 1. The van der Waals surface area contributed by atoms with Crippen molar-refractivity contribution in [3.05, 3.63) is 72.4 Å². The molecule has 0 radical (unpaired) electrons. The van der Waals surface area contributed by atoms with Crippen molar-refractivity contribution < 1.29 is 8.78 Å². The van der Waals surface area contributed by atoms with E-state index in [-0.39, 0.29) is 11.6 Å². The maximum atomic E-state index is 14.0. The van der Waals surface area contributed by atoms with Gasteiger partial charge in [-0.3, -0.25) is 0 Å². The number of anilines is 4. The second kappa shape index (κ2) is 7.57. The van der Waals surface area contributed by atoms with Gasteiger partial charge < -0.3 is 15.1 Å². The number of nitrogens with zero attached hydrogens (tertiary/aromatic N) is 4. The fraction of sp³-hybridized carbons (Fsp3) is 0.200. The lowest BCUT2D eigenvalue weighted by Crippen LogP contribution is -2.47. The van der Waals surface area contributed by atoms with Crippen molar-refractivity contribution in [2.75, 3.05) is 41.3 Å². The molecule has 0 atom stereocenters. The third-order valence-corrected chi connectivity index (χ3v) is 4.56. The predicted octanol–water partition coefficient (Wildman–Crippen LogP) is 3.83. The lowest BCUT2D eigenvalue weighted by molar-refractivity contribution is 0.596. The summed E-state index contributed by atoms with van der Waals surface area (Å²) in [5.74, 6) is 0.542. The summed E-state index contributed by atoms with van der Waals surface area (Å²) in [6.45, 7) is 2.82. The molecule has 0 amide bonds. The highest BCUT2D eigenvalue weighted by molar-refractivity contribution is 5.56. The van der Waals surface area contributed by atoms with Gasteiger partial charge in [-0.2, -0.15) is 4.98 Å². The number of piperazine rings is 1. The molecular formula is C20H19F2N5. The van der Waals surface area contributed by atoms with Gasteiger partial charge in [0.1, 0.15) is 17.5 Å². The Morgan fingerprint density at radius 2 is 1.44 bits per heavy atom. The zero-order valence-corrected chi connectivity index (χ0v) is 14.6. The van der Waals surface area contributed by atoms with Crippen molar-refractivity contribution in [3.8, 4) is 0 Å². The van der Waals surface area contributed by atoms with Gasteiger partial charge in [-0.25, -0.2) is 13.8 Å². The zero-order valence-electron chi connectivity index (χ0n) is 14.6. The Labute approximate surface area is 156 Å². The van der Waals surface area contributed by atoms with Gasteiger partial charge in [0.2, 0.25) is 5.95 Å². The highest BCUT2D eigenvalue weighted by Crippen LogP contribution is 2.23. The molecule has 7 heteroatoms. The highest BCUT2D eigenvalue weighted by Gasteiger charge is 2.20. The van der Waals surface area contributed by atoms with E-state index in [1.807, 2.05) is 17.0 Å². The van der Waals surface area contributed by atoms with E-state index in [1.165, 1.54) is 12.1 Å². The second-order valence-electron chi connectivity index (χ2n) is 6.27. The average Bonchev–Trinajstić information content (AvgIpc) is 2.71. The molecule has 1 aliphatic heterocycles. The molecule has 0 bridgehead atoms. The summed E-state index contributed by atoms with van der Waals surface area (Å²) in [6.07, 6.45) is 1.65. The molecule has 0 aliphatic carbocycles. The second-order valence-corrected chi connectivity index (χ2v) is 6.27. The monoisotopic (exact) mass is 367 g/mol. The van der Waals surface area contributed by atoms with Crippen molar-refractivity contribution in [2.24, 2.45) is 0 Å². The molecule has 3 aromatic rings. The van der Waals surface area contributed by atoms with Crippen LogP contribution < -0.4 is 15.1 Å². The molecule has 1 aromatic heterocycles. The van der Waals surface area contributed by atoms with Crippen LogP contribution in [0.5, 0.6) is 0 Å². The fourth-order valence-corrected chi connectivity index (χ4v) is 3.15. The smallest absolute Gasteiger partial charge is 0.229 e. The van der Waals surface area contributed by atoms with Gasteiger partial charge in [-0.05, 0) is 30.3 Å². The minimum atomic E-state index is -0.356. The fourth-order valence-electron chi connectivity index (χ4n) is 3.15. The molecule has 1 fully saturated rings. The van der Waals surface area contributed by atoms with E-state index in [9.17, 15) is 8.78 Å². The Morgan fingerprint density at radius 3 is 2.19 bits per heavy atom. The molecular weight excluding hydrogens is 348 g/mol. The summed E-state index contributed by atoms with van der Waals surface area (Å²) < 4.78 is 27.8. The molecule has 27 heavy (non-hydrogen) atoms. The van der Waals surface area contributed by atoms with E-state index in [1.54, 1.807) is 36.5 Å². The molecule has 0 saturated carbocycles. The van der Waals surface area contributed by atoms with Crippen molar-refractivity contribution in [2.45, 2.75) is 0 Å².